The number of rotatable bonds is 8. The lowest BCUT2D eigenvalue weighted by Gasteiger charge is -2.22. The van der Waals surface area contributed by atoms with Crippen LogP contribution in [0.4, 0.5) is 20.7 Å². The van der Waals surface area contributed by atoms with Crippen LogP contribution in [0.5, 0.6) is 6.01 Å². The van der Waals surface area contributed by atoms with E-state index in [0.29, 0.717) is 29.9 Å². The van der Waals surface area contributed by atoms with E-state index < -0.39 is 22.9 Å². The summed E-state index contributed by atoms with van der Waals surface area (Å²) in [6.45, 7) is 1.54. The lowest BCUT2D eigenvalue weighted by atomic mass is 10.0. The number of cyclic esters (lactones) is 1. The van der Waals surface area contributed by atoms with Crippen molar-refractivity contribution in [3.63, 3.8) is 0 Å². The normalized spacial score (nSPS) is 18.5. The minimum Gasteiger partial charge on any atom is -0.443 e. The molecular weight excluding hydrogens is 513 g/mol. The van der Waals surface area contributed by atoms with Crippen molar-refractivity contribution in [2.24, 2.45) is 0 Å². The van der Waals surface area contributed by atoms with Gasteiger partial charge in [-0.3, -0.25) is 9.47 Å². The molecule has 1 fully saturated rings. The van der Waals surface area contributed by atoms with Gasteiger partial charge in [0.2, 0.25) is 0 Å². The van der Waals surface area contributed by atoms with E-state index in [0.717, 1.165) is 5.56 Å². The predicted molar refractivity (Wildman–Crippen MR) is 132 cm³/mol. The maximum atomic E-state index is 15.1. The SMILES string of the molecule is O=C1O[C@@H](Cn2ccnn2)CN1c1ccc(-c2ccc(CO[C@@H]3COc4nc([N+](=O)[O-])cn4C3)cc2)c(F)c1. The first-order valence-electron chi connectivity index (χ1n) is 12.1. The van der Waals surface area contributed by atoms with Gasteiger partial charge in [-0.25, -0.2) is 13.9 Å². The summed E-state index contributed by atoms with van der Waals surface area (Å²) < 4.78 is 35.0. The lowest BCUT2D eigenvalue weighted by Crippen LogP contribution is -2.32. The van der Waals surface area contributed by atoms with Gasteiger partial charge in [0.1, 0.15) is 30.8 Å². The number of nitrogens with zero attached hydrogens (tertiary/aromatic N) is 7. The van der Waals surface area contributed by atoms with Gasteiger partial charge in [0.15, 0.2) is 0 Å². The first-order valence-corrected chi connectivity index (χ1v) is 12.1. The second-order valence-corrected chi connectivity index (χ2v) is 9.14. The fraction of sp³-hybridized carbons (Fsp3) is 0.280. The van der Waals surface area contributed by atoms with Crippen LogP contribution in [0.3, 0.4) is 0 Å². The van der Waals surface area contributed by atoms with Gasteiger partial charge in [0.05, 0.1) is 38.1 Å². The summed E-state index contributed by atoms with van der Waals surface area (Å²) in [6.07, 6.45) is 3.28. The van der Waals surface area contributed by atoms with Crippen LogP contribution in [0, 0.1) is 15.9 Å². The first-order chi connectivity index (χ1) is 18.9. The van der Waals surface area contributed by atoms with Gasteiger partial charge in [-0.2, -0.15) is 0 Å². The van der Waals surface area contributed by atoms with Crippen molar-refractivity contribution in [3.8, 4) is 17.1 Å². The quantitative estimate of drug-likeness (QED) is 0.246. The lowest BCUT2D eigenvalue weighted by molar-refractivity contribution is -0.389. The van der Waals surface area contributed by atoms with Crippen LogP contribution in [0.2, 0.25) is 0 Å². The molecule has 13 nitrogen and oxygen atoms in total. The Labute approximate surface area is 220 Å². The molecular formula is C25H22FN7O6. The Morgan fingerprint density at radius 2 is 2.03 bits per heavy atom. The molecule has 0 bridgehead atoms. The maximum Gasteiger partial charge on any atom is 0.414 e. The van der Waals surface area contributed by atoms with Gasteiger partial charge in [-0.15, -0.1) is 5.10 Å². The van der Waals surface area contributed by atoms with E-state index in [2.05, 4.69) is 15.3 Å². The van der Waals surface area contributed by atoms with E-state index in [1.807, 2.05) is 12.1 Å². The summed E-state index contributed by atoms with van der Waals surface area (Å²) >= 11 is 0. The van der Waals surface area contributed by atoms with Crippen LogP contribution in [0.25, 0.3) is 11.1 Å². The molecule has 2 aromatic heterocycles. The molecule has 0 saturated carbocycles. The summed E-state index contributed by atoms with van der Waals surface area (Å²) in [7, 11) is 0. The molecule has 39 heavy (non-hydrogen) atoms. The summed E-state index contributed by atoms with van der Waals surface area (Å²) in [5.41, 5.74) is 2.35. The van der Waals surface area contributed by atoms with Crippen LogP contribution < -0.4 is 9.64 Å². The summed E-state index contributed by atoms with van der Waals surface area (Å²) in [5.74, 6) is -0.733. The highest BCUT2D eigenvalue weighted by atomic mass is 19.1. The Morgan fingerprint density at radius 3 is 2.77 bits per heavy atom. The fourth-order valence-electron chi connectivity index (χ4n) is 4.53. The van der Waals surface area contributed by atoms with Crippen molar-refractivity contribution < 1.29 is 28.3 Å². The zero-order valence-electron chi connectivity index (χ0n) is 20.4. The van der Waals surface area contributed by atoms with Gasteiger partial charge in [0, 0.05) is 16.7 Å². The van der Waals surface area contributed by atoms with Crippen molar-refractivity contribution in [3.05, 3.63) is 82.6 Å². The number of ether oxygens (including phenoxy) is 3. The van der Waals surface area contributed by atoms with Crippen LogP contribution in [0.15, 0.2) is 61.1 Å². The smallest absolute Gasteiger partial charge is 0.414 e. The van der Waals surface area contributed by atoms with Crippen LogP contribution >= 0.6 is 0 Å². The molecule has 2 atom stereocenters. The van der Waals surface area contributed by atoms with Gasteiger partial charge in [-0.05, 0) is 34.2 Å². The molecule has 2 aliphatic heterocycles. The molecule has 0 aliphatic carbocycles. The molecule has 1 saturated heterocycles. The number of hydrogen-bond acceptors (Lipinski definition) is 9. The predicted octanol–water partition coefficient (Wildman–Crippen LogP) is 3.19. The minimum absolute atomic E-state index is 0.201. The van der Waals surface area contributed by atoms with E-state index in [-0.39, 0.29) is 37.7 Å². The molecule has 4 aromatic rings. The number of carbonyl (C=O) groups is 1. The summed E-state index contributed by atoms with van der Waals surface area (Å²) in [5, 5.41) is 18.5. The van der Waals surface area contributed by atoms with Gasteiger partial charge in [-0.1, -0.05) is 29.5 Å². The molecule has 6 rings (SSSR count). The number of halogens is 1. The average molecular weight is 535 g/mol. The highest BCUT2D eigenvalue weighted by Gasteiger charge is 2.33. The number of benzene rings is 2. The second kappa shape index (κ2) is 10.1. The van der Waals surface area contributed by atoms with Crippen molar-refractivity contribution >= 4 is 17.6 Å². The Balaban J connectivity index is 1.06. The Kier molecular flexibility index (Phi) is 6.36. The number of fused-ring (bicyclic) bond motifs is 1. The largest absolute Gasteiger partial charge is 0.443 e. The van der Waals surface area contributed by atoms with E-state index in [9.17, 15) is 14.9 Å². The Bertz CT molecular complexity index is 1510. The van der Waals surface area contributed by atoms with Crippen LogP contribution in [-0.4, -0.2) is 60.9 Å². The monoisotopic (exact) mass is 535 g/mol. The van der Waals surface area contributed by atoms with Crippen LogP contribution in [0.1, 0.15) is 5.56 Å². The highest BCUT2D eigenvalue weighted by Crippen LogP contribution is 2.30. The number of aromatic nitrogens is 5. The number of anilines is 1. The van der Waals surface area contributed by atoms with Crippen molar-refractivity contribution in [1.29, 1.82) is 0 Å². The average Bonchev–Trinajstić information content (AvgIpc) is 3.68. The van der Waals surface area contributed by atoms with Gasteiger partial charge >= 0.3 is 17.9 Å². The van der Waals surface area contributed by atoms with E-state index in [1.54, 1.807) is 45.9 Å². The summed E-state index contributed by atoms with van der Waals surface area (Å²) in [6, 6.07) is 12.1. The molecule has 1 amide bonds. The molecule has 0 spiro atoms. The van der Waals surface area contributed by atoms with E-state index >= 15 is 4.39 Å². The first kappa shape index (κ1) is 24.5. The zero-order valence-corrected chi connectivity index (χ0v) is 20.4. The number of imidazole rings is 1. The van der Waals surface area contributed by atoms with Gasteiger partial charge in [0.25, 0.3) is 0 Å². The van der Waals surface area contributed by atoms with Crippen molar-refractivity contribution in [2.75, 3.05) is 18.1 Å². The molecule has 14 heteroatoms. The molecule has 0 N–H and O–H groups in total. The number of carbonyl (C=O) groups excluding carboxylic acids is 1. The molecule has 2 aliphatic rings. The third-order valence-corrected chi connectivity index (χ3v) is 6.46. The molecule has 0 radical (unpaired) electrons. The molecule has 200 valence electrons. The third kappa shape index (κ3) is 5.13. The number of hydrogen-bond donors (Lipinski definition) is 0. The standard InChI is InChI=1S/C25H22FN7O6/c26-22-9-18(32-12-19(39-25(32)34)11-31-8-7-27-29-31)5-6-21(22)17-3-1-16(2-4-17)14-37-20-10-30-13-23(33(35)36)28-24(30)38-15-20/h1-9,13,19-20H,10-12,14-15H2/t19-,20-/m0/s1. The highest BCUT2D eigenvalue weighted by molar-refractivity contribution is 5.90. The third-order valence-electron chi connectivity index (χ3n) is 6.46. The number of amides is 1. The molecule has 2 aromatic carbocycles. The van der Waals surface area contributed by atoms with Crippen LogP contribution in [-0.2, 0) is 29.2 Å². The second-order valence-electron chi connectivity index (χ2n) is 9.14. The Morgan fingerprint density at radius 1 is 1.18 bits per heavy atom. The topological polar surface area (TPSA) is 140 Å². The molecule has 4 heterocycles. The Hall–Kier alpha value is -4.85. The van der Waals surface area contributed by atoms with Crippen molar-refractivity contribution in [2.45, 2.75) is 31.9 Å². The molecule has 0 unspecified atom stereocenters. The summed E-state index contributed by atoms with van der Waals surface area (Å²) in [4.78, 5) is 27.9. The maximum absolute atomic E-state index is 15.1. The number of nitro groups is 1. The van der Waals surface area contributed by atoms with E-state index in [4.69, 9.17) is 14.2 Å². The van der Waals surface area contributed by atoms with E-state index in [1.165, 1.54) is 17.2 Å². The van der Waals surface area contributed by atoms with Gasteiger partial charge < -0.3 is 24.3 Å². The van der Waals surface area contributed by atoms with Crippen molar-refractivity contribution in [1.82, 2.24) is 24.5 Å². The minimum atomic E-state index is -0.569. The zero-order chi connectivity index (χ0) is 26.9. The fourth-order valence-corrected chi connectivity index (χ4v) is 4.53.